The summed E-state index contributed by atoms with van der Waals surface area (Å²) in [5.74, 6) is -1.33. The molecule has 2 rings (SSSR count). The lowest BCUT2D eigenvalue weighted by atomic mass is 10.0. The lowest BCUT2D eigenvalue weighted by Crippen LogP contribution is -2.11. The minimum Gasteiger partial charge on any atom is -0.288 e. The summed E-state index contributed by atoms with van der Waals surface area (Å²) in [4.78, 5) is 15.1. The smallest absolute Gasteiger partial charge is 0.288 e. The highest BCUT2D eigenvalue weighted by Crippen LogP contribution is 2.30. The summed E-state index contributed by atoms with van der Waals surface area (Å²) in [6.07, 6.45) is -4.65. The summed E-state index contributed by atoms with van der Waals surface area (Å²) in [5, 5.41) is -0.575. The van der Waals surface area contributed by atoms with E-state index in [4.69, 9.17) is 11.6 Å². The Morgan fingerprint density at radius 3 is 2.40 bits per heavy atom. The van der Waals surface area contributed by atoms with Crippen LogP contribution in [0.3, 0.4) is 0 Å². The standard InChI is InChI=1S/C13H6ClF4NO/c14-12-9(4-5-10(19-12)13(16,17)18)11(20)7-2-1-3-8(15)6-7/h1-6H. The van der Waals surface area contributed by atoms with E-state index in [0.717, 1.165) is 18.2 Å². The second-order valence-electron chi connectivity index (χ2n) is 3.87. The Morgan fingerprint density at radius 2 is 1.85 bits per heavy atom. The Labute approximate surface area is 116 Å². The van der Waals surface area contributed by atoms with Gasteiger partial charge in [-0.3, -0.25) is 4.79 Å². The number of halogens is 5. The van der Waals surface area contributed by atoms with E-state index in [1.807, 2.05) is 0 Å². The van der Waals surface area contributed by atoms with Gasteiger partial charge in [0.15, 0.2) is 5.78 Å². The Kier molecular flexibility index (Phi) is 3.76. The summed E-state index contributed by atoms with van der Waals surface area (Å²) in [6.45, 7) is 0. The number of carbonyl (C=O) groups is 1. The van der Waals surface area contributed by atoms with Crippen LogP contribution in [0.2, 0.25) is 5.15 Å². The number of ketones is 1. The van der Waals surface area contributed by atoms with Crippen molar-refractivity contribution >= 4 is 17.4 Å². The lowest BCUT2D eigenvalue weighted by Gasteiger charge is -2.08. The van der Waals surface area contributed by atoms with Gasteiger partial charge in [-0.15, -0.1) is 0 Å². The summed E-state index contributed by atoms with van der Waals surface area (Å²) < 4.78 is 50.3. The van der Waals surface area contributed by atoms with Gasteiger partial charge in [0.05, 0.1) is 5.56 Å². The Bertz CT molecular complexity index is 670. The second-order valence-corrected chi connectivity index (χ2v) is 4.23. The fraction of sp³-hybridized carbons (Fsp3) is 0.0769. The maximum atomic E-state index is 13.0. The molecule has 20 heavy (non-hydrogen) atoms. The van der Waals surface area contributed by atoms with Crippen LogP contribution in [0.15, 0.2) is 36.4 Å². The third kappa shape index (κ3) is 2.96. The largest absolute Gasteiger partial charge is 0.433 e. The van der Waals surface area contributed by atoms with Crippen LogP contribution in [0.4, 0.5) is 17.6 Å². The van der Waals surface area contributed by atoms with Crippen LogP contribution in [0.1, 0.15) is 21.6 Å². The average Bonchev–Trinajstić information content (AvgIpc) is 2.36. The number of aromatic nitrogens is 1. The van der Waals surface area contributed by atoms with Crippen LogP contribution in [0.25, 0.3) is 0 Å². The predicted octanol–water partition coefficient (Wildman–Crippen LogP) is 4.12. The third-order valence-corrected chi connectivity index (χ3v) is 2.76. The van der Waals surface area contributed by atoms with Gasteiger partial charge >= 0.3 is 6.18 Å². The van der Waals surface area contributed by atoms with Crippen molar-refractivity contribution in [2.24, 2.45) is 0 Å². The highest BCUT2D eigenvalue weighted by Gasteiger charge is 2.33. The number of hydrogen-bond donors (Lipinski definition) is 0. The highest BCUT2D eigenvalue weighted by atomic mass is 35.5. The Balaban J connectivity index is 2.41. The zero-order valence-corrected chi connectivity index (χ0v) is 10.5. The van der Waals surface area contributed by atoms with Crippen molar-refractivity contribution in [2.45, 2.75) is 6.18 Å². The first-order valence-corrected chi connectivity index (χ1v) is 5.71. The molecule has 1 aromatic heterocycles. The van der Waals surface area contributed by atoms with Gasteiger partial charge in [0.25, 0.3) is 0 Å². The molecule has 104 valence electrons. The van der Waals surface area contributed by atoms with Gasteiger partial charge < -0.3 is 0 Å². The number of carbonyl (C=O) groups excluding carboxylic acids is 1. The summed E-state index contributed by atoms with van der Waals surface area (Å²) in [6, 6.07) is 6.33. The van der Waals surface area contributed by atoms with Crippen LogP contribution in [-0.2, 0) is 6.18 Å². The average molecular weight is 304 g/mol. The first-order chi connectivity index (χ1) is 9.29. The van der Waals surface area contributed by atoms with Gasteiger partial charge in [-0.1, -0.05) is 23.7 Å². The van der Waals surface area contributed by atoms with E-state index in [2.05, 4.69) is 4.98 Å². The van der Waals surface area contributed by atoms with Gasteiger partial charge in [-0.05, 0) is 24.3 Å². The molecule has 0 bridgehead atoms. The normalized spacial score (nSPS) is 11.4. The zero-order chi connectivity index (χ0) is 14.9. The van der Waals surface area contributed by atoms with Crippen LogP contribution < -0.4 is 0 Å². The van der Waals surface area contributed by atoms with E-state index >= 15 is 0 Å². The number of benzene rings is 1. The molecule has 2 nitrogen and oxygen atoms in total. The fourth-order valence-corrected chi connectivity index (χ4v) is 1.79. The van der Waals surface area contributed by atoms with Crippen LogP contribution >= 0.6 is 11.6 Å². The van der Waals surface area contributed by atoms with Crippen molar-refractivity contribution in [2.75, 3.05) is 0 Å². The van der Waals surface area contributed by atoms with Crippen molar-refractivity contribution in [3.05, 3.63) is 64.2 Å². The molecule has 1 heterocycles. The topological polar surface area (TPSA) is 30.0 Å². The van der Waals surface area contributed by atoms with Crippen molar-refractivity contribution in [1.82, 2.24) is 4.98 Å². The monoisotopic (exact) mass is 303 g/mol. The number of pyridine rings is 1. The molecule has 0 radical (unpaired) electrons. The van der Waals surface area contributed by atoms with Gasteiger partial charge in [0, 0.05) is 5.56 Å². The van der Waals surface area contributed by atoms with Crippen molar-refractivity contribution in [3.63, 3.8) is 0 Å². The van der Waals surface area contributed by atoms with Crippen molar-refractivity contribution in [1.29, 1.82) is 0 Å². The predicted molar refractivity (Wildman–Crippen MR) is 64.1 cm³/mol. The number of rotatable bonds is 2. The number of nitrogens with zero attached hydrogens (tertiary/aromatic N) is 1. The molecule has 7 heteroatoms. The maximum absolute atomic E-state index is 13.0. The van der Waals surface area contributed by atoms with Gasteiger partial charge in [0.2, 0.25) is 0 Å². The van der Waals surface area contributed by atoms with E-state index in [1.165, 1.54) is 12.1 Å². The zero-order valence-electron chi connectivity index (χ0n) is 9.71. The van der Waals surface area contributed by atoms with Crippen LogP contribution in [0, 0.1) is 5.82 Å². The molecule has 0 unspecified atom stereocenters. The third-order valence-electron chi connectivity index (χ3n) is 2.47. The molecule has 2 aromatic rings. The van der Waals surface area contributed by atoms with E-state index in [-0.39, 0.29) is 11.1 Å². The molecule has 0 saturated carbocycles. The second kappa shape index (κ2) is 5.20. The highest BCUT2D eigenvalue weighted by molar-refractivity contribution is 6.33. The van der Waals surface area contributed by atoms with Crippen molar-refractivity contribution < 1.29 is 22.4 Å². The van der Waals surface area contributed by atoms with Gasteiger partial charge in [-0.2, -0.15) is 13.2 Å². The van der Waals surface area contributed by atoms with E-state index in [1.54, 1.807) is 0 Å². The summed E-state index contributed by atoms with van der Waals surface area (Å²) in [5.41, 5.74) is -1.43. The molecule has 0 aliphatic heterocycles. The Morgan fingerprint density at radius 1 is 1.15 bits per heavy atom. The van der Waals surface area contributed by atoms with Gasteiger partial charge in [-0.25, -0.2) is 9.37 Å². The van der Waals surface area contributed by atoms with Gasteiger partial charge in [0.1, 0.15) is 16.7 Å². The molecule has 0 aliphatic carbocycles. The minimum atomic E-state index is -4.65. The molecular weight excluding hydrogens is 298 g/mol. The number of hydrogen-bond acceptors (Lipinski definition) is 2. The molecule has 0 spiro atoms. The summed E-state index contributed by atoms with van der Waals surface area (Å²) in [7, 11) is 0. The van der Waals surface area contributed by atoms with E-state index in [9.17, 15) is 22.4 Å². The van der Waals surface area contributed by atoms with Crippen molar-refractivity contribution in [3.8, 4) is 0 Å². The summed E-state index contributed by atoms with van der Waals surface area (Å²) >= 11 is 5.59. The molecule has 0 fully saturated rings. The quantitative estimate of drug-likeness (QED) is 0.474. The molecule has 0 atom stereocenters. The number of alkyl halides is 3. The Hall–Kier alpha value is -1.95. The fourth-order valence-electron chi connectivity index (χ4n) is 1.55. The SMILES string of the molecule is O=C(c1cccc(F)c1)c1ccc(C(F)(F)F)nc1Cl. The maximum Gasteiger partial charge on any atom is 0.433 e. The van der Waals surface area contributed by atoms with E-state index in [0.29, 0.717) is 6.07 Å². The first kappa shape index (κ1) is 14.5. The molecule has 0 saturated heterocycles. The van der Waals surface area contributed by atoms with E-state index < -0.39 is 28.6 Å². The van der Waals surface area contributed by atoms with Crippen LogP contribution in [-0.4, -0.2) is 10.8 Å². The molecular formula is C13H6ClF4NO. The van der Waals surface area contributed by atoms with Crippen LogP contribution in [0.5, 0.6) is 0 Å². The molecule has 0 amide bonds. The lowest BCUT2D eigenvalue weighted by molar-refractivity contribution is -0.141. The molecule has 0 N–H and O–H groups in total. The minimum absolute atomic E-state index is 0.0199. The molecule has 0 aliphatic rings. The molecule has 1 aromatic carbocycles. The first-order valence-electron chi connectivity index (χ1n) is 5.33.